The average molecular weight is 336 g/mol. The van der Waals surface area contributed by atoms with Crippen molar-refractivity contribution in [3.63, 3.8) is 0 Å². The van der Waals surface area contributed by atoms with Crippen LogP contribution in [-0.4, -0.2) is 5.78 Å². The second kappa shape index (κ2) is 5.00. The van der Waals surface area contributed by atoms with Crippen LogP contribution in [0.15, 0.2) is 21.3 Å². The van der Waals surface area contributed by atoms with Crippen LogP contribution < -0.4 is 0 Å². The molecule has 0 saturated carbocycles. The predicted octanol–water partition coefficient (Wildman–Crippen LogP) is 5.02. The van der Waals surface area contributed by atoms with E-state index in [1.807, 2.05) is 11.4 Å². The quantitative estimate of drug-likeness (QED) is 0.720. The number of aryl methyl sites for hydroxylation is 1. The number of halogens is 2. The van der Waals surface area contributed by atoms with Crippen LogP contribution in [0, 0.1) is 0 Å². The fourth-order valence-corrected chi connectivity index (χ4v) is 4.05. The molecular weight excluding hydrogens is 328 g/mol. The first kappa shape index (κ1) is 12.3. The minimum absolute atomic E-state index is 0.0736. The first-order valence-corrected chi connectivity index (χ1v) is 7.56. The van der Waals surface area contributed by atoms with Crippen molar-refractivity contribution in [3.8, 4) is 0 Å². The van der Waals surface area contributed by atoms with Crippen molar-refractivity contribution >= 4 is 56.0 Å². The van der Waals surface area contributed by atoms with Gasteiger partial charge in [-0.1, -0.05) is 18.5 Å². The van der Waals surface area contributed by atoms with Crippen molar-refractivity contribution in [2.24, 2.45) is 0 Å². The predicted molar refractivity (Wildman–Crippen MR) is 74.2 cm³/mol. The minimum Gasteiger partial charge on any atom is -0.287 e. The van der Waals surface area contributed by atoms with Crippen LogP contribution in [0.1, 0.15) is 27.0 Å². The molecule has 0 aliphatic rings. The number of thiophene rings is 2. The second-order valence-corrected chi connectivity index (χ2v) is 6.88. The molecule has 2 rings (SSSR count). The lowest BCUT2D eigenvalue weighted by atomic mass is 10.1. The minimum atomic E-state index is 0.0736. The van der Waals surface area contributed by atoms with Crippen LogP contribution in [0.5, 0.6) is 0 Å². The number of ketones is 1. The van der Waals surface area contributed by atoms with Gasteiger partial charge >= 0.3 is 0 Å². The molecule has 16 heavy (non-hydrogen) atoms. The van der Waals surface area contributed by atoms with Gasteiger partial charge in [0, 0.05) is 0 Å². The Balaban J connectivity index is 2.39. The van der Waals surface area contributed by atoms with Gasteiger partial charge in [-0.2, -0.15) is 0 Å². The van der Waals surface area contributed by atoms with E-state index in [9.17, 15) is 4.79 Å². The summed E-state index contributed by atoms with van der Waals surface area (Å²) in [5.74, 6) is 0.0736. The SMILES string of the molecule is CCc1ccsc1C(=O)c1cc(Cl)c(Br)s1. The Kier molecular flexibility index (Phi) is 3.85. The number of hydrogen-bond acceptors (Lipinski definition) is 3. The van der Waals surface area contributed by atoms with E-state index in [1.165, 1.54) is 22.7 Å². The maximum Gasteiger partial charge on any atom is 0.213 e. The fourth-order valence-electron chi connectivity index (χ4n) is 1.38. The highest BCUT2D eigenvalue weighted by molar-refractivity contribution is 9.11. The number of rotatable bonds is 3. The zero-order valence-corrected chi connectivity index (χ0v) is 12.4. The summed E-state index contributed by atoms with van der Waals surface area (Å²) in [6.45, 7) is 2.05. The van der Waals surface area contributed by atoms with Gasteiger partial charge in [0.1, 0.15) is 0 Å². The van der Waals surface area contributed by atoms with Crippen LogP contribution in [0.4, 0.5) is 0 Å². The summed E-state index contributed by atoms with van der Waals surface area (Å²) >= 11 is 12.1. The monoisotopic (exact) mass is 334 g/mol. The van der Waals surface area contributed by atoms with Crippen molar-refractivity contribution in [1.29, 1.82) is 0 Å². The molecule has 0 atom stereocenters. The highest BCUT2D eigenvalue weighted by Gasteiger charge is 2.17. The third kappa shape index (κ3) is 2.25. The van der Waals surface area contributed by atoms with Gasteiger partial charge in [-0.25, -0.2) is 0 Å². The van der Waals surface area contributed by atoms with E-state index in [1.54, 1.807) is 6.07 Å². The highest BCUT2D eigenvalue weighted by atomic mass is 79.9. The lowest BCUT2D eigenvalue weighted by Gasteiger charge is -1.97. The smallest absolute Gasteiger partial charge is 0.213 e. The van der Waals surface area contributed by atoms with Crippen molar-refractivity contribution in [2.75, 3.05) is 0 Å². The Bertz CT molecular complexity index is 510. The van der Waals surface area contributed by atoms with Gasteiger partial charge in [-0.15, -0.1) is 22.7 Å². The molecule has 0 amide bonds. The first-order chi connectivity index (χ1) is 7.63. The van der Waals surface area contributed by atoms with Gasteiger partial charge in [0.25, 0.3) is 0 Å². The summed E-state index contributed by atoms with van der Waals surface area (Å²) in [4.78, 5) is 13.7. The molecule has 1 nitrogen and oxygen atoms in total. The van der Waals surface area contributed by atoms with E-state index in [0.717, 1.165) is 20.6 Å². The van der Waals surface area contributed by atoms with Crippen molar-refractivity contribution in [2.45, 2.75) is 13.3 Å². The van der Waals surface area contributed by atoms with Crippen molar-refractivity contribution in [1.82, 2.24) is 0 Å². The fraction of sp³-hybridized carbons (Fsp3) is 0.182. The Morgan fingerprint density at radius 3 is 2.88 bits per heavy atom. The number of carbonyl (C=O) groups excluding carboxylic acids is 1. The molecule has 0 aliphatic heterocycles. The third-order valence-electron chi connectivity index (χ3n) is 2.20. The molecule has 0 aromatic carbocycles. The van der Waals surface area contributed by atoms with E-state index in [-0.39, 0.29) is 5.78 Å². The van der Waals surface area contributed by atoms with Gasteiger partial charge in [0.15, 0.2) is 0 Å². The average Bonchev–Trinajstić information content (AvgIpc) is 2.85. The number of carbonyl (C=O) groups is 1. The molecule has 2 heterocycles. The summed E-state index contributed by atoms with van der Waals surface area (Å²) in [6.07, 6.45) is 0.880. The first-order valence-electron chi connectivity index (χ1n) is 4.69. The van der Waals surface area contributed by atoms with Crippen LogP contribution >= 0.6 is 50.2 Å². The summed E-state index contributed by atoms with van der Waals surface area (Å²) in [6, 6.07) is 3.72. The van der Waals surface area contributed by atoms with E-state index >= 15 is 0 Å². The van der Waals surface area contributed by atoms with Crippen LogP contribution in [0.25, 0.3) is 0 Å². The largest absolute Gasteiger partial charge is 0.287 e. The third-order valence-corrected chi connectivity index (χ3v) is 5.63. The molecule has 0 fully saturated rings. The molecule has 0 saturated heterocycles. The van der Waals surface area contributed by atoms with E-state index in [4.69, 9.17) is 11.6 Å². The molecule has 2 aromatic rings. The van der Waals surface area contributed by atoms with E-state index in [0.29, 0.717) is 9.90 Å². The molecule has 84 valence electrons. The van der Waals surface area contributed by atoms with Crippen LogP contribution in [-0.2, 0) is 6.42 Å². The Morgan fingerprint density at radius 2 is 2.31 bits per heavy atom. The molecule has 5 heteroatoms. The molecule has 0 spiro atoms. The van der Waals surface area contributed by atoms with Gasteiger partial charge in [0.2, 0.25) is 5.78 Å². The Hall–Kier alpha value is -0.160. The zero-order chi connectivity index (χ0) is 11.7. The maximum atomic E-state index is 12.2. The molecule has 0 radical (unpaired) electrons. The van der Waals surface area contributed by atoms with Gasteiger partial charge < -0.3 is 0 Å². The molecule has 0 unspecified atom stereocenters. The molecular formula is C11H8BrClOS2. The Labute approximate surface area is 115 Å². The zero-order valence-electron chi connectivity index (χ0n) is 8.42. The highest BCUT2D eigenvalue weighted by Crippen LogP contribution is 2.34. The van der Waals surface area contributed by atoms with Crippen molar-refractivity contribution in [3.05, 3.63) is 41.6 Å². The van der Waals surface area contributed by atoms with Crippen LogP contribution in [0.3, 0.4) is 0 Å². The van der Waals surface area contributed by atoms with Crippen molar-refractivity contribution < 1.29 is 4.79 Å². The standard InChI is InChI=1S/C11H8BrClOS2/c1-2-6-3-4-15-10(6)9(14)8-5-7(13)11(12)16-8/h3-5H,2H2,1H3. The molecule has 0 N–H and O–H groups in total. The lowest BCUT2D eigenvalue weighted by molar-refractivity contribution is 0.104. The van der Waals surface area contributed by atoms with Gasteiger partial charge in [-0.05, 0) is 45.4 Å². The summed E-state index contributed by atoms with van der Waals surface area (Å²) in [5, 5.41) is 2.55. The molecule has 0 bridgehead atoms. The van der Waals surface area contributed by atoms with E-state index < -0.39 is 0 Å². The van der Waals surface area contributed by atoms with Gasteiger partial charge in [0.05, 0.1) is 18.6 Å². The number of hydrogen-bond donors (Lipinski definition) is 0. The summed E-state index contributed by atoms with van der Waals surface area (Å²) in [5.41, 5.74) is 1.11. The summed E-state index contributed by atoms with van der Waals surface area (Å²) < 4.78 is 0.812. The van der Waals surface area contributed by atoms with E-state index in [2.05, 4.69) is 22.9 Å². The van der Waals surface area contributed by atoms with Crippen LogP contribution in [0.2, 0.25) is 5.02 Å². The molecule has 2 aromatic heterocycles. The lowest BCUT2D eigenvalue weighted by Crippen LogP contribution is -1.98. The second-order valence-electron chi connectivity index (χ2n) is 3.19. The normalized spacial score (nSPS) is 10.7. The maximum absolute atomic E-state index is 12.2. The topological polar surface area (TPSA) is 17.1 Å². The Morgan fingerprint density at radius 1 is 1.56 bits per heavy atom. The van der Waals surface area contributed by atoms with Gasteiger partial charge in [-0.3, -0.25) is 4.79 Å². The molecule has 0 aliphatic carbocycles. The summed E-state index contributed by atoms with van der Waals surface area (Å²) in [7, 11) is 0.